The zero-order valence-electron chi connectivity index (χ0n) is 7.43. The predicted molar refractivity (Wildman–Crippen MR) is 63.8 cm³/mol. The van der Waals surface area contributed by atoms with Crippen LogP contribution in [-0.4, -0.2) is 4.33 Å². The van der Waals surface area contributed by atoms with Crippen molar-refractivity contribution < 1.29 is 0 Å². The third kappa shape index (κ3) is 0.762. The molecule has 0 aromatic heterocycles. The number of hydrogen-bond donors (Lipinski definition) is 0. The number of allylic oxidation sites excluding steroid dienone is 6. The molecule has 14 heavy (non-hydrogen) atoms. The van der Waals surface area contributed by atoms with Gasteiger partial charge in [0, 0.05) is 10.8 Å². The van der Waals surface area contributed by atoms with Crippen molar-refractivity contribution in [3.8, 4) is 0 Å². The Morgan fingerprint density at radius 1 is 1.14 bits per heavy atom. The standard InChI is InChI=1S/C11H9BrCl2/c12-8-3-6-9-4-1-2-5-10(9,7-8)11(9,13)14/h1-5H,6-7H2. The molecule has 0 N–H and O–H groups in total. The van der Waals surface area contributed by atoms with Gasteiger partial charge >= 0.3 is 0 Å². The minimum absolute atomic E-state index is 0.0465. The topological polar surface area (TPSA) is 0 Å². The summed E-state index contributed by atoms with van der Waals surface area (Å²) >= 11 is 16.4. The van der Waals surface area contributed by atoms with Crippen LogP contribution in [0.25, 0.3) is 0 Å². The van der Waals surface area contributed by atoms with E-state index in [1.54, 1.807) is 0 Å². The molecular formula is C11H9BrCl2. The molecule has 0 spiro atoms. The molecule has 0 amide bonds. The van der Waals surface area contributed by atoms with Gasteiger partial charge in [0.2, 0.25) is 0 Å². The molecule has 3 aliphatic carbocycles. The van der Waals surface area contributed by atoms with Gasteiger partial charge in [-0.3, -0.25) is 0 Å². The Kier molecular flexibility index (Phi) is 1.70. The number of halogens is 3. The SMILES string of the molecule is ClC1(Cl)C23C=CC=CC12CC(Br)=CC3. The molecule has 3 heteroatoms. The van der Waals surface area contributed by atoms with Gasteiger partial charge in [0.05, 0.1) is 0 Å². The maximum absolute atomic E-state index is 6.44. The summed E-state index contributed by atoms with van der Waals surface area (Å²) in [5, 5.41) is 0. The van der Waals surface area contributed by atoms with E-state index >= 15 is 0 Å². The predicted octanol–water partition coefficient (Wildman–Crippen LogP) is 4.35. The van der Waals surface area contributed by atoms with E-state index in [0.717, 1.165) is 12.8 Å². The normalized spacial score (nSPS) is 46.6. The van der Waals surface area contributed by atoms with Crippen molar-refractivity contribution in [1.29, 1.82) is 0 Å². The van der Waals surface area contributed by atoms with Crippen LogP contribution in [0, 0.1) is 10.8 Å². The molecular weight excluding hydrogens is 283 g/mol. The fraction of sp³-hybridized carbons (Fsp3) is 0.455. The molecule has 0 aromatic rings. The van der Waals surface area contributed by atoms with Crippen molar-refractivity contribution in [1.82, 2.24) is 0 Å². The molecule has 2 unspecified atom stereocenters. The van der Waals surface area contributed by atoms with Crippen LogP contribution in [0.5, 0.6) is 0 Å². The van der Waals surface area contributed by atoms with Crippen molar-refractivity contribution in [3.05, 3.63) is 34.9 Å². The summed E-state index contributed by atoms with van der Waals surface area (Å²) in [7, 11) is 0. The molecule has 0 saturated heterocycles. The average molecular weight is 292 g/mol. The smallest absolute Gasteiger partial charge is 0.0996 e. The number of alkyl halides is 2. The van der Waals surface area contributed by atoms with E-state index in [2.05, 4.69) is 46.3 Å². The second-order valence-electron chi connectivity index (χ2n) is 4.27. The Bertz CT molecular complexity index is 394. The van der Waals surface area contributed by atoms with Crippen molar-refractivity contribution in [2.45, 2.75) is 17.2 Å². The number of hydrogen-bond acceptors (Lipinski definition) is 0. The molecule has 3 rings (SSSR count). The second kappa shape index (κ2) is 2.50. The fourth-order valence-electron chi connectivity index (χ4n) is 2.92. The van der Waals surface area contributed by atoms with Gasteiger partial charge in [-0.2, -0.15) is 0 Å². The molecule has 74 valence electrons. The van der Waals surface area contributed by atoms with Gasteiger partial charge in [-0.1, -0.05) is 69.5 Å². The highest BCUT2D eigenvalue weighted by Gasteiger charge is 2.84. The summed E-state index contributed by atoms with van der Waals surface area (Å²) in [5.41, 5.74) is -0.111. The lowest BCUT2D eigenvalue weighted by Gasteiger charge is -2.24. The first-order valence-corrected chi connectivity index (χ1v) is 6.20. The highest BCUT2D eigenvalue weighted by atomic mass is 79.9. The van der Waals surface area contributed by atoms with Crippen molar-refractivity contribution >= 4 is 39.1 Å². The van der Waals surface area contributed by atoms with Gasteiger partial charge in [-0.05, 0) is 17.3 Å². The van der Waals surface area contributed by atoms with Gasteiger partial charge in [0.25, 0.3) is 0 Å². The van der Waals surface area contributed by atoms with Gasteiger partial charge in [-0.25, -0.2) is 0 Å². The van der Waals surface area contributed by atoms with Crippen LogP contribution >= 0.6 is 39.1 Å². The molecule has 0 aromatic carbocycles. The third-order valence-corrected chi connectivity index (χ3v) is 5.77. The summed E-state index contributed by atoms with van der Waals surface area (Å²) in [6.07, 6.45) is 12.5. The minimum atomic E-state index is -0.629. The van der Waals surface area contributed by atoms with Gasteiger partial charge in [-0.15, -0.1) is 0 Å². The average Bonchev–Trinajstić information content (AvgIpc) is 2.59. The van der Waals surface area contributed by atoms with E-state index in [1.165, 1.54) is 4.48 Å². The summed E-state index contributed by atoms with van der Waals surface area (Å²) in [5.74, 6) is 0. The van der Waals surface area contributed by atoms with Crippen LogP contribution < -0.4 is 0 Å². The number of rotatable bonds is 0. The largest absolute Gasteiger partial charge is 0.138 e. The van der Waals surface area contributed by atoms with Crippen LogP contribution in [0.2, 0.25) is 0 Å². The fourth-order valence-corrected chi connectivity index (χ4v) is 4.64. The Morgan fingerprint density at radius 2 is 1.79 bits per heavy atom. The van der Waals surface area contributed by atoms with E-state index in [0.29, 0.717) is 0 Å². The maximum atomic E-state index is 6.44. The Balaban J connectivity index is 2.17. The summed E-state index contributed by atoms with van der Waals surface area (Å²) in [4.78, 5) is 0. The zero-order valence-corrected chi connectivity index (χ0v) is 10.5. The molecule has 0 bridgehead atoms. The molecule has 3 aliphatic rings. The lowest BCUT2D eigenvalue weighted by Crippen LogP contribution is -2.15. The quantitative estimate of drug-likeness (QED) is 0.582. The van der Waals surface area contributed by atoms with E-state index in [-0.39, 0.29) is 10.8 Å². The molecule has 2 atom stereocenters. The minimum Gasteiger partial charge on any atom is -0.0996 e. The van der Waals surface area contributed by atoms with Crippen molar-refractivity contribution in [2.75, 3.05) is 0 Å². The highest BCUT2D eigenvalue weighted by Crippen LogP contribution is 2.85. The molecule has 1 fully saturated rings. The Morgan fingerprint density at radius 3 is 2.50 bits per heavy atom. The van der Waals surface area contributed by atoms with E-state index in [9.17, 15) is 0 Å². The molecule has 1 saturated carbocycles. The van der Waals surface area contributed by atoms with Crippen LogP contribution in [0.4, 0.5) is 0 Å². The Hall–Kier alpha value is 0.280. The molecule has 0 radical (unpaired) electrons. The van der Waals surface area contributed by atoms with Crippen molar-refractivity contribution in [2.24, 2.45) is 10.8 Å². The maximum Gasteiger partial charge on any atom is 0.138 e. The first kappa shape index (κ1) is 9.50. The second-order valence-corrected chi connectivity index (χ2v) is 6.61. The van der Waals surface area contributed by atoms with Gasteiger partial charge in [0.15, 0.2) is 0 Å². The lowest BCUT2D eigenvalue weighted by atomic mass is 9.80. The summed E-state index contributed by atoms with van der Waals surface area (Å²) in [6.45, 7) is 0. The van der Waals surface area contributed by atoms with Crippen LogP contribution in [-0.2, 0) is 0 Å². The van der Waals surface area contributed by atoms with Gasteiger partial charge < -0.3 is 0 Å². The highest BCUT2D eigenvalue weighted by molar-refractivity contribution is 9.11. The first-order valence-electron chi connectivity index (χ1n) is 4.65. The van der Waals surface area contributed by atoms with E-state index < -0.39 is 4.33 Å². The Labute approximate surface area is 102 Å². The molecule has 0 aliphatic heterocycles. The summed E-state index contributed by atoms with van der Waals surface area (Å²) in [6, 6.07) is 0. The van der Waals surface area contributed by atoms with Crippen LogP contribution in [0.15, 0.2) is 34.9 Å². The zero-order chi connectivity index (χ0) is 10.0. The molecule has 0 nitrogen and oxygen atoms in total. The van der Waals surface area contributed by atoms with Crippen molar-refractivity contribution in [3.63, 3.8) is 0 Å². The van der Waals surface area contributed by atoms with Crippen LogP contribution in [0.1, 0.15) is 12.8 Å². The van der Waals surface area contributed by atoms with E-state index in [4.69, 9.17) is 23.2 Å². The first-order chi connectivity index (χ1) is 6.56. The van der Waals surface area contributed by atoms with Gasteiger partial charge in [0.1, 0.15) is 4.33 Å². The van der Waals surface area contributed by atoms with E-state index in [1.807, 2.05) is 0 Å². The van der Waals surface area contributed by atoms with Crippen LogP contribution in [0.3, 0.4) is 0 Å². The third-order valence-electron chi connectivity index (χ3n) is 3.82. The molecule has 0 heterocycles. The summed E-state index contributed by atoms with van der Waals surface area (Å²) < 4.78 is 0.589. The lowest BCUT2D eigenvalue weighted by molar-refractivity contribution is 0.458. The monoisotopic (exact) mass is 290 g/mol.